The maximum Gasteiger partial charge on any atom is 0.169 e. The van der Waals surface area contributed by atoms with Crippen molar-refractivity contribution < 1.29 is 8.81 Å². The minimum absolute atomic E-state index is 0.333. The third-order valence-corrected chi connectivity index (χ3v) is 1.85. The molecule has 0 saturated carbocycles. The third kappa shape index (κ3) is 0.905. The molecule has 0 unspecified atom stereocenters. The second-order valence-electron chi connectivity index (χ2n) is 2.58. The van der Waals surface area contributed by atoms with Gasteiger partial charge in [0.2, 0.25) is 0 Å². The largest absolute Gasteiger partial charge is 0.461 e. The van der Waals surface area contributed by atoms with Crippen LogP contribution in [0, 0.1) is 5.82 Å². The summed E-state index contributed by atoms with van der Waals surface area (Å²) >= 11 is 0. The van der Waals surface area contributed by atoms with E-state index in [1.807, 2.05) is 6.07 Å². The highest BCUT2D eigenvalue weighted by Crippen LogP contribution is 2.22. The van der Waals surface area contributed by atoms with Crippen molar-refractivity contribution in [1.29, 1.82) is 0 Å². The van der Waals surface area contributed by atoms with Crippen LogP contribution in [0.25, 0.3) is 11.0 Å². The van der Waals surface area contributed by atoms with Crippen molar-refractivity contribution in [2.24, 2.45) is 5.73 Å². The number of hydrogen-bond acceptors (Lipinski definition) is 2. The molecule has 0 atom stereocenters. The second-order valence-corrected chi connectivity index (χ2v) is 2.58. The first-order valence-corrected chi connectivity index (χ1v) is 3.67. The van der Waals surface area contributed by atoms with Gasteiger partial charge >= 0.3 is 0 Å². The molecule has 1 heterocycles. The van der Waals surface area contributed by atoms with E-state index < -0.39 is 0 Å². The lowest BCUT2D eigenvalue weighted by atomic mass is 10.1. The predicted octanol–water partition coefficient (Wildman–Crippen LogP) is 2.03. The van der Waals surface area contributed by atoms with E-state index in [4.69, 9.17) is 10.2 Å². The van der Waals surface area contributed by atoms with Gasteiger partial charge in [-0.3, -0.25) is 0 Å². The van der Waals surface area contributed by atoms with Crippen LogP contribution in [0.1, 0.15) is 5.56 Å². The Bertz CT molecular complexity index is 408. The number of halogens is 1. The van der Waals surface area contributed by atoms with E-state index in [9.17, 15) is 4.39 Å². The van der Waals surface area contributed by atoms with E-state index in [1.165, 1.54) is 0 Å². The predicted molar refractivity (Wildman–Crippen MR) is 44.1 cm³/mol. The van der Waals surface area contributed by atoms with Crippen LogP contribution < -0.4 is 5.73 Å². The van der Waals surface area contributed by atoms with E-state index in [-0.39, 0.29) is 5.82 Å². The number of fused-ring (bicyclic) bond motifs is 1. The summed E-state index contributed by atoms with van der Waals surface area (Å²) in [5.74, 6) is -0.333. The zero-order chi connectivity index (χ0) is 8.55. The van der Waals surface area contributed by atoms with Gasteiger partial charge in [0.15, 0.2) is 5.82 Å². The second kappa shape index (κ2) is 2.60. The van der Waals surface area contributed by atoms with Crippen LogP contribution in [0.3, 0.4) is 0 Å². The fourth-order valence-electron chi connectivity index (χ4n) is 1.25. The average Bonchev–Trinajstić information content (AvgIpc) is 2.48. The fraction of sp³-hybridized carbons (Fsp3) is 0.111. The summed E-state index contributed by atoms with van der Waals surface area (Å²) in [6.07, 6.45) is 1.10. The standard InChI is InChI=1S/C9H8FNO/c10-8-5-12-9-6(4-11)2-1-3-7(8)9/h1-3,5H,4,11H2. The average molecular weight is 165 g/mol. The lowest BCUT2D eigenvalue weighted by Gasteiger charge is -1.95. The summed E-state index contributed by atoms with van der Waals surface area (Å²) in [6.45, 7) is 0.365. The van der Waals surface area contributed by atoms with Crippen LogP contribution in [0.2, 0.25) is 0 Å². The van der Waals surface area contributed by atoms with Crippen LogP contribution >= 0.6 is 0 Å². The first-order valence-electron chi connectivity index (χ1n) is 3.67. The number of para-hydroxylation sites is 1. The van der Waals surface area contributed by atoms with E-state index in [2.05, 4.69) is 0 Å². The van der Waals surface area contributed by atoms with Crippen LogP contribution in [-0.2, 0) is 6.54 Å². The molecule has 2 rings (SSSR count). The van der Waals surface area contributed by atoms with Gasteiger partial charge in [0.1, 0.15) is 11.8 Å². The van der Waals surface area contributed by atoms with Crippen molar-refractivity contribution in [2.75, 3.05) is 0 Å². The van der Waals surface area contributed by atoms with Gasteiger partial charge in [0, 0.05) is 12.1 Å². The molecule has 2 nitrogen and oxygen atoms in total. The van der Waals surface area contributed by atoms with Gasteiger partial charge in [-0.25, -0.2) is 4.39 Å². The monoisotopic (exact) mass is 165 g/mol. The molecule has 0 amide bonds. The Morgan fingerprint density at radius 2 is 2.25 bits per heavy atom. The molecule has 3 heteroatoms. The van der Waals surface area contributed by atoms with Crippen molar-refractivity contribution >= 4 is 11.0 Å². The molecule has 0 radical (unpaired) electrons. The normalized spacial score (nSPS) is 10.8. The third-order valence-electron chi connectivity index (χ3n) is 1.85. The first kappa shape index (κ1) is 7.31. The van der Waals surface area contributed by atoms with Crippen LogP contribution in [0.15, 0.2) is 28.9 Å². The van der Waals surface area contributed by atoms with Gasteiger partial charge in [-0.2, -0.15) is 0 Å². The Morgan fingerprint density at radius 3 is 3.00 bits per heavy atom. The smallest absolute Gasteiger partial charge is 0.169 e. The molecule has 62 valence electrons. The van der Waals surface area contributed by atoms with Crippen molar-refractivity contribution in [3.8, 4) is 0 Å². The van der Waals surface area contributed by atoms with Gasteiger partial charge in [-0.15, -0.1) is 0 Å². The van der Waals surface area contributed by atoms with E-state index >= 15 is 0 Å². The zero-order valence-corrected chi connectivity index (χ0v) is 6.38. The molecular formula is C9H8FNO. The minimum atomic E-state index is -0.333. The molecule has 1 aromatic carbocycles. The quantitative estimate of drug-likeness (QED) is 0.702. The van der Waals surface area contributed by atoms with Crippen molar-refractivity contribution in [3.63, 3.8) is 0 Å². The molecule has 2 aromatic rings. The Hall–Kier alpha value is -1.35. The minimum Gasteiger partial charge on any atom is -0.461 e. The summed E-state index contributed by atoms with van der Waals surface area (Å²) in [5.41, 5.74) is 6.83. The molecule has 0 fully saturated rings. The number of nitrogens with two attached hydrogens (primary N) is 1. The lowest BCUT2D eigenvalue weighted by molar-refractivity contribution is 0.556. The molecule has 0 aliphatic rings. The highest BCUT2D eigenvalue weighted by Gasteiger charge is 2.07. The van der Waals surface area contributed by atoms with E-state index in [1.54, 1.807) is 12.1 Å². The number of hydrogen-bond donors (Lipinski definition) is 1. The molecule has 2 N–H and O–H groups in total. The van der Waals surface area contributed by atoms with Crippen molar-refractivity contribution in [3.05, 3.63) is 35.8 Å². The molecule has 0 aliphatic carbocycles. The van der Waals surface area contributed by atoms with Gasteiger partial charge < -0.3 is 10.2 Å². The first-order chi connectivity index (χ1) is 5.83. The maximum atomic E-state index is 12.9. The van der Waals surface area contributed by atoms with Crippen molar-refractivity contribution in [1.82, 2.24) is 0 Å². The fourth-order valence-corrected chi connectivity index (χ4v) is 1.25. The van der Waals surface area contributed by atoms with Crippen molar-refractivity contribution in [2.45, 2.75) is 6.54 Å². The van der Waals surface area contributed by atoms with Gasteiger partial charge in [0.25, 0.3) is 0 Å². The number of furan rings is 1. The maximum absolute atomic E-state index is 12.9. The summed E-state index contributed by atoms with van der Waals surface area (Å²) in [7, 11) is 0. The van der Waals surface area contributed by atoms with E-state index in [0.29, 0.717) is 17.5 Å². The number of benzene rings is 1. The SMILES string of the molecule is NCc1cccc2c(F)coc12. The Morgan fingerprint density at radius 1 is 1.42 bits per heavy atom. The highest BCUT2D eigenvalue weighted by molar-refractivity contribution is 5.80. The van der Waals surface area contributed by atoms with Gasteiger partial charge in [-0.1, -0.05) is 12.1 Å². The molecule has 12 heavy (non-hydrogen) atoms. The van der Waals surface area contributed by atoms with Crippen LogP contribution in [0.5, 0.6) is 0 Å². The van der Waals surface area contributed by atoms with Gasteiger partial charge in [-0.05, 0) is 6.07 Å². The number of rotatable bonds is 1. The Balaban J connectivity index is 2.81. The molecule has 0 spiro atoms. The molecule has 0 saturated heterocycles. The van der Waals surface area contributed by atoms with Gasteiger partial charge in [0.05, 0.1) is 5.39 Å². The highest BCUT2D eigenvalue weighted by atomic mass is 19.1. The Labute approximate surface area is 68.8 Å². The Kier molecular flexibility index (Phi) is 1.59. The molecule has 0 aliphatic heterocycles. The summed E-state index contributed by atoms with van der Waals surface area (Å²) < 4.78 is 17.9. The van der Waals surface area contributed by atoms with Crippen LogP contribution in [-0.4, -0.2) is 0 Å². The topological polar surface area (TPSA) is 39.2 Å². The van der Waals surface area contributed by atoms with E-state index in [0.717, 1.165) is 11.8 Å². The molecular weight excluding hydrogens is 157 g/mol. The summed E-state index contributed by atoms with van der Waals surface area (Å²) in [5, 5.41) is 0.498. The lowest BCUT2D eigenvalue weighted by Crippen LogP contribution is -1.95. The molecule has 0 bridgehead atoms. The summed E-state index contributed by atoms with van der Waals surface area (Å²) in [4.78, 5) is 0. The van der Waals surface area contributed by atoms with Crippen LogP contribution in [0.4, 0.5) is 4.39 Å². The summed E-state index contributed by atoms with van der Waals surface area (Å²) in [6, 6.07) is 5.27. The molecule has 1 aromatic heterocycles. The zero-order valence-electron chi connectivity index (χ0n) is 6.38.